The maximum absolute atomic E-state index is 12.5. The van der Waals surface area contributed by atoms with Gasteiger partial charge >= 0.3 is 0 Å². The Bertz CT molecular complexity index is 377. The summed E-state index contributed by atoms with van der Waals surface area (Å²) in [6, 6.07) is 0. The highest BCUT2D eigenvalue weighted by atomic mass is 16.1. The molecular formula is C16H25NO. The van der Waals surface area contributed by atoms with E-state index in [-0.39, 0.29) is 0 Å². The van der Waals surface area contributed by atoms with Crippen molar-refractivity contribution in [3.63, 3.8) is 0 Å². The van der Waals surface area contributed by atoms with Crippen LogP contribution in [0.5, 0.6) is 0 Å². The average molecular weight is 247 g/mol. The predicted molar refractivity (Wildman–Crippen MR) is 71.3 cm³/mol. The molecule has 4 aliphatic rings. The number of rotatable bonds is 0. The van der Waals surface area contributed by atoms with Crippen LogP contribution in [-0.4, -0.2) is 29.3 Å². The molecule has 0 aromatic rings. The van der Waals surface area contributed by atoms with Crippen molar-refractivity contribution >= 4 is 5.78 Å². The first-order valence-corrected chi connectivity index (χ1v) is 7.99. The summed E-state index contributed by atoms with van der Waals surface area (Å²) in [6.07, 6.45) is 8.75. The largest absolute Gasteiger partial charge is 0.299 e. The summed E-state index contributed by atoms with van der Waals surface area (Å²) in [5.41, 5.74) is 0.314. The Kier molecular flexibility index (Phi) is 2.43. The summed E-state index contributed by atoms with van der Waals surface area (Å²) in [5, 5.41) is 0. The maximum Gasteiger partial charge on any atom is 0.138 e. The fourth-order valence-electron chi connectivity index (χ4n) is 6.18. The third kappa shape index (κ3) is 1.31. The first kappa shape index (κ1) is 11.5. The second kappa shape index (κ2) is 3.82. The van der Waals surface area contributed by atoms with Gasteiger partial charge in [0.1, 0.15) is 5.78 Å². The Hall–Kier alpha value is -0.370. The first-order valence-electron chi connectivity index (χ1n) is 7.99. The van der Waals surface area contributed by atoms with Crippen molar-refractivity contribution in [1.29, 1.82) is 0 Å². The van der Waals surface area contributed by atoms with E-state index in [1.807, 2.05) is 0 Å². The summed E-state index contributed by atoms with van der Waals surface area (Å²) in [7, 11) is 0. The zero-order chi connectivity index (χ0) is 12.3. The van der Waals surface area contributed by atoms with Gasteiger partial charge in [-0.3, -0.25) is 9.69 Å². The van der Waals surface area contributed by atoms with Crippen molar-refractivity contribution in [3.05, 3.63) is 0 Å². The predicted octanol–water partition coefficient (Wildman–Crippen LogP) is 2.87. The monoisotopic (exact) mass is 247 g/mol. The van der Waals surface area contributed by atoms with E-state index >= 15 is 0 Å². The van der Waals surface area contributed by atoms with Gasteiger partial charge in [-0.1, -0.05) is 6.92 Å². The molecule has 0 amide bonds. The second-order valence-electron chi connectivity index (χ2n) is 7.40. The van der Waals surface area contributed by atoms with Gasteiger partial charge in [0.25, 0.3) is 0 Å². The number of carbonyl (C=O) groups excluding carboxylic acids is 1. The van der Waals surface area contributed by atoms with E-state index in [0.717, 1.165) is 24.2 Å². The molecule has 1 spiro atoms. The number of nitrogens with zero attached hydrogens (tertiary/aromatic N) is 1. The molecule has 2 saturated carbocycles. The van der Waals surface area contributed by atoms with Crippen LogP contribution < -0.4 is 0 Å². The lowest BCUT2D eigenvalue weighted by molar-refractivity contribution is -0.172. The summed E-state index contributed by atoms with van der Waals surface area (Å²) >= 11 is 0. The van der Waals surface area contributed by atoms with E-state index in [1.54, 1.807) is 0 Å². The van der Waals surface area contributed by atoms with E-state index in [9.17, 15) is 4.79 Å². The third-order valence-electron chi connectivity index (χ3n) is 6.50. The molecule has 2 heterocycles. The van der Waals surface area contributed by atoms with Crippen LogP contribution in [-0.2, 0) is 4.79 Å². The van der Waals surface area contributed by atoms with Crippen LogP contribution in [0.25, 0.3) is 0 Å². The van der Waals surface area contributed by atoms with Gasteiger partial charge in [0.15, 0.2) is 0 Å². The van der Waals surface area contributed by atoms with Gasteiger partial charge in [-0.25, -0.2) is 0 Å². The van der Waals surface area contributed by atoms with Crippen molar-refractivity contribution in [3.8, 4) is 0 Å². The minimum atomic E-state index is 0.314. The number of Topliss-reactive ketones (excluding diaryl/α,β-unsaturated/α-hetero) is 1. The molecule has 5 atom stereocenters. The number of hydrogen-bond acceptors (Lipinski definition) is 2. The van der Waals surface area contributed by atoms with E-state index in [1.165, 1.54) is 51.6 Å². The highest BCUT2D eigenvalue weighted by Gasteiger charge is 2.62. The molecule has 2 bridgehead atoms. The van der Waals surface area contributed by atoms with Gasteiger partial charge < -0.3 is 0 Å². The normalized spacial score (nSPS) is 51.9. The molecule has 0 radical (unpaired) electrons. The maximum atomic E-state index is 12.5. The summed E-state index contributed by atoms with van der Waals surface area (Å²) in [6.45, 7) is 4.95. The number of ketones is 1. The Balaban J connectivity index is 1.82. The molecule has 2 saturated heterocycles. The van der Waals surface area contributed by atoms with Gasteiger partial charge in [0.2, 0.25) is 0 Å². The van der Waals surface area contributed by atoms with Crippen LogP contribution in [0.3, 0.4) is 0 Å². The average Bonchev–Trinajstić information content (AvgIpc) is 2.33. The number of piperidine rings is 2. The van der Waals surface area contributed by atoms with Crippen LogP contribution in [0.2, 0.25) is 0 Å². The van der Waals surface area contributed by atoms with Crippen LogP contribution in [0.4, 0.5) is 0 Å². The fourth-order valence-corrected chi connectivity index (χ4v) is 6.18. The fraction of sp³-hybridized carbons (Fsp3) is 0.938. The Morgan fingerprint density at radius 3 is 2.83 bits per heavy atom. The highest BCUT2D eigenvalue weighted by Crippen LogP contribution is 2.59. The van der Waals surface area contributed by atoms with Gasteiger partial charge in [-0.05, 0) is 69.4 Å². The van der Waals surface area contributed by atoms with Gasteiger partial charge in [0.05, 0.1) is 0 Å². The van der Waals surface area contributed by atoms with Crippen molar-refractivity contribution in [1.82, 2.24) is 4.90 Å². The lowest BCUT2D eigenvalue weighted by Crippen LogP contribution is -2.71. The first-order chi connectivity index (χ1) is 8.72. The minimum absolute atomic E-state index is 0.314. The SMILES string of the molecule is C[C@@H]1C[C@H]2CC(=O)[C@@H]3CCCN4CCC[C@@H]2[C@]34C1. The summed E-state index contributed by atoms with van der Waals surface area (Å²) in [5.74, 6) is 3.43. The molecule has 18 heavy (non-hydrogen) atoms. The van der Waals surface area contributed by atoms with Crippen molar-refractivity contribution < 1.29 is 4.79 Å². The van der Waals surface area contributed by atoms with Crippen LogP contribution in [0.15, 0.2) is 0 Å². The number of carbonyl (C=O) groups is 1. The van der Waals surface area contributed by atoms with Crippen molar-refractivity contribution in [2.24, 2.45) is 23.7 Å². The van der Waals surface area contributed by atoms with E-state index < -0.39 is 0 Å². The second-order valence-corrected chi connectivity index (χ2v) is 7.40. The Morgan fingerprint density at radius 2 is 2.00 bits per heavy atom. The van der Waals surface area contributed by atoms with Crippen LogP contribution in [0.1, 0.15) is 51.9 Å². The molecule has 2 aliphatic carbocycles. The molecule has 0 aromatic heterocycles. The van der Waals surface area contributed by atoms with E-state index in [4.69, 9.17) is 0 Å². The molecule has 100 valence electrons. The van der Waals surface area contributed by atoms with Crippen LogP contribution in [0, 0.1) is 23.7 Å². The highest BCUT2D eigenvalue weighted by molar-refractivity contribution is 5.84. The molecule has 0 unspecified atom stereocenters. The summed E-state index contributed by atoms with van der Waals surface area (Å²) in [4.78, 5) is 15.3. The zero-order valence-electron chi connectivity index (χ0n) is 11.5. The lowest BCUT2D eigenvalue weighted by atomic mass is 9.48. The van der Waals surface area contributed by atoms with Gasteiger partial charge in [-0.15, -0.1) is 0 Å². The van der Waals surface area contributed by atoms with E-state index in [0.29, 0.717) is 17.2 Å². The van der Waals surface area contributed by atoms with Gasteiger partial charge in [0, 0.05) is 17.9 Å². The van der Waals surface area contributed by atoms with Crippen molar-refractivity contribution in [2.75, 3.05) is 13.1 Å². The molecule has 4 fully saturated rings. The minimum Gasteiger partial charge on any atom is -0.299 e. The molecule has 2 aliphatic heterocycles. The van der Waals surface area contributed by atoms with E-state index in [2.05, 4.69) is 11.8 Å². The molecule has 0 aromatic carbocycles. The van der Waals surface area contributed by atoms with Gasteiger partial charge in [-0.2, -0.15) is 0 Å². The lowest BCUT2D eigenvalue weighted by Gasteiger charge is -2.65. The quantitative estimate of drug-likeness (QED) is 0.656. The molecule has 4 rings (SSSR count). The molecule has 0 N–H and O–H groups in total. The third-order valence-corrected chi connectivity index (χ3v) is 6.50. The topological polar surface area (TPSA) is 20.3 Å². The standard InChI is InChI=1S/C16H25NO/c1-11-8-12-9-15(18)14-5-3-7-17-6-2-4-13(12)16(14,17)10-11/h11-14H,2-10H2,1H3/t11-,12+,13+,14+,16-/m1/s1. The Labute approximate surface area is 110 Å². The zero-order valence-corrected chi connectivity index (χ0v) is 11.5. The molecular weight excluding hydrogens is 222 g/mol. The summed E-state index contributed by atoms with van der Waals surface area (Å²) < 4.78 is 0. The molecule has 2 nitrogen and oxygen atoms in total. The van der Waals surface area contributed by atoms with Crippen molar-refractivity contribution in [2.45, 2.75) is 57.4 Å². The smallest absolute Gasteiger partial charge is 0.138 e. The van der Waals surface area contributed by atoms with Crippen LogP contribution >= 0.6 is 0 Å². The Morgan fingerprint density at radius 1 is 1.22 bits per heavy atom. The number of hydrogen-bond donors (Lipinski definition) is 0. The molecule has 2 heteroatoms.